The van der Waals surface area contributed by atoms with Crippen LogP contribution in [0.1, 0.15) is 258 Å². The van der Waals surface area contributed by atoms with Gasteiger partial charge in [-0.2, -0.15) is 0 Å². The Hall–Kier alpha value is -2.03. The highest BCUT2D eigenvalue weighted by Crippen LogP contribution is 2.38. The van der Waals surface area contributed by atoms with Crippen LogP contribution >= 0.6 is 7.82 Å². The number of nitrogens with one attached hydrogen (secondary N) is 1. The van der Waals surface area contributed by atoms with Crippen molar-refractivity contribution in [1.29, 1.82) is 0 Å². The van der Waals surface area contributed by atoms with E-state index in [0.717, 1.165) is 103 Å². The minimum absolute atomic E-state index is 0.0244. The number of quaternary nitrogens is 1. The molecule has 0 spiro atoms. The van der Waals surface area contributed by atoms with Crippen LogP contribution in [-0.2, 0) is 27.9 Å². The Morgan fingerprint density at radius 1 is 0.529 bits per heavy atom. The van der Waals surface area contributed by atoms with Gasteiger partial charge in [-0.1, -0.05) is 230 Å². The Bertz CT molecular complexity index is 1310. The number of nitrogens with zero attached hydrogens (tertiary/aromatic N) is 1. The maximum atomic E-state index is 13.5. The van der Waals surface area contributed by atoms with E-state index in [1.807, 2.05) is 33.3 Å². The van der Waals surface area contributed by atoms with Crippen molar-refractivity contribution in [2.24, 2.45) is 0 Å². The summed E-state index contributed by atoms with van der Waals surface area (Å²) in [6, 6.07) is -0.891. The van der Waals surface area contributed by atoms with E-state index in [1.54, 1.807) is 0 Å². The molecule has 3 atom stereocenters. The second-order valence-electron chi connectivity index (χ2n) is 20.4. The zero-order valence-electron chi connectivity index (χ0n) is 45.3. The zero-order valence-corrected chi connectivity index (χ0v) is 46.2. The third-order valence-corrected chi connectivity index (χ3v) is 13.5. The Balaban J connectivity index is 5.36. The highest BCUT2D eigenvalue weighted by Gasteiger charge is 2.27. The van der Waals surface area contributed by atoms with Crippen LogP contribution in [0.3, 0.4) is 0 Å². The van der Waals surface area contributed by atoms with Crippen molar-refractivity contribution >= 4 is 19.7 Å². The summed E-state index contributed by atoms with van der Waals surface area (Å²) < 4.78 is 30.2. The Morgan fingerprint density at radius 2 is 0.941 bits per heavy atom. The van der Waals surface area contributed by atoms with E-state index in [4.69, 9.17) is 13.8 Å². The normalized spacial score (nSPS) is 14.2. The van der Waals surface area contributed by atoms with Crippen LogP contribution in [0.5, 0.6) is 0 Å². The van der Waals surface area contributed by atoms with E-state index in [-0.39, 0.29) is 24.9 Å². The number of hydrogen-bond acceptors (Lipinski definition) is 7. The van der Waals surface area contributed by atoms with Crippen molar-refractivity contribution < 1.29 is 37.3 Å². The van der Waals surface area contributed by atoms with Gasteiger partial charge < -0.3 is 28.5 Å². The number of likely N-dealkylation sites (N-methyl/N-ethyl adjacent to an activating group) is 1. The predicted octanol–water partition coefficient (Wildman–Crippen LogP) is 16.3. The molecule has 0 aromatic rings. The largest absolute Gasteiger partial charge is 0.756 e. The molecule has 0 saturated carbocycles. The molecular formula is C58H109N2O7P. The highest BCUT2D eigenvalue weighted by atomic mass is 31.2. The van der Waals surface area contributed by atoms with Crippen LogP contribution in [-0.4, -0.2) is 69.4 Å². The summed E-state index contributed by atoms with van der Waals surface area (Å²) in [6.45, 7) is 6.73. The van der Waals surface area contributed by atoms with Gasteiger partial charge in [-0.15, -0.1) is 0 Å². The number of phosphoric ester groups is 1. The van der Waals surface area contributed by atoms with Gasteiger partial charge in [0.1, 0.15) is 19.3 Å². The molecule has 0 heterocycles. The molecule has 0 aromatic heterocycles. The fourth-order valence-corrected chi connectivity index (χ4v) is 8.85. The molecule has 10 heteroatoms. The zero-order chi connectivity index (χ0) is 50.1. The number of allylic oxidation sites excluding steroid dienone is 7. The first-order valence-electron chi connectivity index (χ1n) is 28.4. The van der Waals surface area contributed by atoms with Crippen LogP contribution in [0.15, 0.2) is 48.6 Å². The van der Waals surface area contributed by atoms with Gasteiger partial charge in [0.05, 0.1) is 33.8 Å². The van der Waals surface area contributed by atoms with Crippen LogP contribution in [0, 0.1) is 0 Å². The first-order valence-corrected chi connectivity index (χ1v) is 29.9. The standard InChI is InChI=1S/C58H109N2O7P/c1-7-10-13-16-19-22-25-28-30-31-32-35-38-41-44-47-50-57(61)59-55(54-66-68(63,64)65-53-52-60(4,5)6)56(49-46-43-40-37-34-27-24-21-18-15-12-9-3)67-58(62)51-48-45-42-39-36-33-29-26-23-20-17-14-11-8-2/h10,13,19,22,28,30,46,49,55-56H,7-9,11-12,14-18,20-21,23-27,29,31-45,47-48,50-54H2,1-6H3,(H-,59,61,63,64)/b13-10+,22-19+,30-28+,49-46+. The average Bonchev–Trinajstić information content (AvgIpc) is 3.29. The molecule has 0 radical (unpaired) electrons. The maximum Gasteiger partial charge on any atom is 0.306 e. The number of carbonyl (C=O) groups excluding carboxylic acids is 2. The number of hydrogen-bond donors (Lipinski definition) is 1. The molecule has 398 valence electrons. The molecule has 1 amide bonds. The Labute approximate surface area is 420 Å². The van der Waals surface area contributed by atoms with Gasteiger partial charge >= 0.3 is 5.97 Å². The molecule has 3 unspecified atom stereocenters. The summed E-state index contributed by atoms with van der Waals surface area (Å²) in [7, 11) is 1.18. The van der Waals surface area contributed by atoms with Crippen LogP contribution in [0.2, 0.25) is 0 Å². The molecule has 1 N–H and O–H groups in total. The lowest BCUT2D eigenvalue weighted by Gasteiger charge is -2.30. The van der Waals surface area contributed by atoms with E-state index < -0.39 is 26.6 Å². The van der Waals surface area contributed by atoms with Gasteiger partial charge in [0, 0.05) is 12.8 Å². The second kappa shape index (κ2) is 48.6. The van der Waals surface area contributed by atoms with E-state index in [2.05, 4.69) is 62.5 Å². The van der Waals surface area contributed by atoms with E-state index >= 15 is 0 Å². The molecule has 9 nitrogen and oxygen atoms in total. The molecule has 0 aliphatic heterocycles. The predicted molar refractivity (Wildman–Crippen MR) is 289 cm³/mol. The molecule has 0 aromatic carbocycles. The molecular weight excluding hydrogens is 868 g/mol. The summed E-state index contributed by atoms with van der Waals surface area (Å²) in [5.41, 5.74) is 0. The molecule has 0 aliphatic carbocycles. The number of ether oxygens (including phenoxy) is 1. The summed E-state index contributed by atoms with van der Waals surface area (Å²) in [4.78, 5) is 39.8. The fourth-order valence-electron chi connectivity index (χ4n) is 8.12. The number of phosphoric acid groups is 1. The molecule has 0 fully saturated rings. The van der Waals surface area contributed by atoms with Crippen molar-refractivity contribution in [2.75, 3.05) is 40.9 Å². The number of amides is 1. The number of carbonyl (C=O) groups is 2. The van der Waals surface area contributed by atoms with Crippen molar-refractivity contribution in [3.8, 4) is 0 Å². The van der Waals surface area contributed by atoms with Crippen LogP contribution in [0.25, 0.3) is 0 Å². The Kier molecular flexibility index (Phi) is 47.1. The smallest absolute Gasteiger partial charge is 0.306 e. The van der Waals surface area contributed by atoms with Gasteiger partial charge in [0.2, 0.25) is 5.91 Å². The van der Waals surface area contributed by atoms with Crippen molar-refractivity contribution in [1.82, 2.24) is 5.32 Å². The van der Waals surface area contributed by atoms with Gasteiger partial charge in [-0.25, -0.2) is 0 Å². The Morgan fingerprint density at radius 3 is 1.41 bits per heavy atom. The summed E-state index contributed by atoms with van der Waals surface area (Å²) in [5.74, 6) is -0.550. The van der Waals surface area contributed by atoms with Gasteiger partial charge in [0.15, 0.2) is 0 Å². The minimum atomic E-state index is -4.69. The van der Waals surface area contributed by atoms with Crippen LogP contribution < -0.4 is 10.2 Å². The van der Waals surface area contributed by atoms with E-state index in [9.17, 15) is 19.0 Å². The van der Waals surface area contributed by atoms with Gasteiger partial charge in [-0.05, 0) is 63.9 Å². The molecule has 0 aliphatic rings. The van der Waals surface area contributed by atoms with E-state index in [0.29, 0.717) is 17.4 Å². The lowest BCUT2D eigenvalue weighted by molar-refractivity contribution is -0.870. The maximum absolute atomic E-state index is 13.5. The second-order valence-corrected chi connectivity index (χ2v) is 21.8. The average molecular weight is 977 g/mol. The number of esters is 1. The third-order valence-electron chi connectivity index (χ3n) is 12.5. The van der Waals surface area contributed by atoms with Crippen molar-refractivity contribution in [3.05, 3.63) is 48.6 Å². The lowest BCUT2D eigenvalue weighted by Crippen LogP contribution is -2.47. The van der Waals surface area contributed by atoms with Crippen molar-refractivity contribution in [2.45, 2.75) is 270 Å². The first-order chi connectivity index (χ1) is 32.9. The minimum Gasteiger partial charge on any atom is -0.756 e. The van der Waals surface area contributed by atoms with Gasteiger partial charge in [-0.3, -0.25) is 14.2 Å². The summed E-state index contributed by atoms with van der Waals surface area (Å²) >= 11 is 0. The highest BCUT2D eigenvalue weighted by molar-refractivity contribution is 7.45. The van der Waals surface area contributed by atoms with E-state index in [1.165, 1.54) is 122 Å². The van der Waals surface area contributed by atoms with Crippen LogP contribution in [0.4, 0.5) is 0 Å². The SMILES string of the molecule is CC/C=C/C/C=C/C/C=C/CCCCCCCCC(=O)NC(COP(=O)([O-])OCC[N+](C)(C)C)C(/C=C/CCCCCCCCCCCC)OC(=O)CCCCCCCCCCCCCCCC. The quantitative estimate of drug-likeness (QED) is 0.0212. The third kappa shape index (κ3) is 49.0. The number of rotatable bonds is 51. The first kappa shape index (κ1) is 66.0. The molecule has 0 bridgehead atoms. The molecule has 68 heavy (non-hydrogen) atoms. The topological polar surface area (TPSA) is 114 Å². The summed E-state index contributed by atoms with van der Waals surface area (Å²) in [5, 5.41) is 3.01. The summed E-state index contributed by atoms with van der Waals surface area (Å²) in [6.07, 6.45) is 57.8. The molecule has 0 saturated heterocycles. The molecule has 0 rings (SSSR count). The monoisotopic (exact) mass is 977 g/mol. The van der Waals surface area contributed by atoms with Crippen molar-refractivity contribution in [3.63, 3.8) is 0 Å². The lowest BCUT2D eigenvalue weighted by atomic mass is 10.0. The fraction of sp³-hybridized carbons (Fsp3) is 0.828. The van der Waals surface area contributed by atoms with Gasteiger partial charge in [0.25, 0.3) is 7.82 Å². The number of unbranched alkanes of at least 4 members (excludes halogenated alkanes) is 29.